The molecule has 0 fully saturated rings. The number of nitrogens with two attached hydrogens (primary N) is 1. The monoisotopic (exact) mass is 399 g/mol. The van der Waals surface area contributed by atoms with E-state index < -0.39 is 29.1 Å². The molecule has 3 aromatic rings. The van der Waals surface area contributed by atoms with Gasteiger partial charge in [0.1, 0.15) is 22.8 Å². The molecule has 0 aliphatic carbocycles. The summed E-state index contributed by atoms with van der Waals surface area (Å²) in [4.78, 5) is 25.4. The molecule has 0 saturated carbocycles. The first kappa shape index (κ1) is 18.7. The highest BCUT2D eigenvalue weighted by molar-refractivity contribution is 5.94. The van der Waals surface area contributed by atoms with E-state index in [1.54, 1.807) is 31.2 Å². The fraction of sp³-hybridized carbons (Fsp3) is 0.143. The van der Waals surface area contributed by atoms with Crippen molar-refractivity contribution in [3.63, 3.8) is 0 Å². The van der Waals surface area contributed by atoms with E-state index in [2.05, 4.69) is 0 Å². The van der Waals surface area contributed by atoms with Gasteiger partial charge in [0.15, 0.2) is 5.75 Å². The standard InChI is InChI=1S/C21H15F2NO5/c1-2-27-20(25)17-15(11-8-7-10(22)9-13(11)23)16-18(29-19(17)24)12-5-3-4-6-14(12)28-21(16)26/h3-9,15H,2,24H2,1H3. The average Bonchev–Trinajstić information content (AvgIpc) is 2.67. The second kappa shape index (κ2) is 7.05. The van der Waals surface area contributed by atoms with Crippen LogP contribution in [-0.4, -0.2) is 12.6 Å². The maximum absolute atomic E-state index is 14.7. The van der Waals surface area contributed by atoms with Crippen molar-refractivity contribution in [1.82, 2.24) is 0 Å². The minimum absolute atomic E-state index is 0.0212. The zero-order chi connectivity index (χ0) is 20.7. The Morgan fingerprint density at radius 2 is 1.97 bits per heavy atom. The third kappa shape index (κ3) is 3.02. The lowest BCUT2D eigenvalue weighted by molar-refractivity contribution is -0.139. The second-order valence-corrected chi connectivity index (χ2v) is 6.33. The number of ether oxygens (including phenoxy) is 2. The van der Waals surface area contributed by atoms with Gasteiger partial charge < -0.3 is 19.6 Å². The molecule has 0 radical (unpaired) electrons. The van der Waals surface area contributed by atoms with Crippen LogP contribution in [0.25, 0.3) is 11.0 Å². The Labute approximate surface area is 163 Å². The van der Waals surface area contributed by atoms with Crippen LogP contribution in [-0.2, 0) is 9.53 Å². The van der Waals surface area contributed by atoms with Crippen molar-refractivity contribution in [3.8, 4) is 5.75 Å². The van der Waals surface area contributed by atoms with Crippen molar-refractivity contribution >= 4 is 16.9 Å². The molecule has 4 rings (SSSR count). The van der Waals surface area contributed by atoms with Crippen LogP contribution in [0.2, 0.25) is 0 Å². The van der Waals surface area contributed by atoms with E-state index in [9.17, 15) is 18.4 Å². The zero-order valence-corrected chi connectivity index (χ0v) is 15.2. The maximum Gasteiger partial charge on any atom is 0.344 e. The molecule has 1 aliphatic rings. The lowest BCUT2D eigenvalue weighted by Crippen LogP contribution is -2.31. The average molecular weight is 399 g/mol. The molecule has 1 atom stereocenters. The number of fused-ring (bicyclic) bond motifs is 3. The number of esters is 1. The minimum Gasteiger partial charge on any atom is -0.462 e. The number of hydrogen-bond donors (Lipinski definition) is 1. The van der Waals surface area contributed by atoms with Gasteiger partial charge in [0.05, 0.1) is 23.5 Å². The van der Waals surface area contributed by atoms with E-state index in [0.29, 0.717) is 11.5 Å². The summed E-state index contributed by atoms with van der Waals surface area (Å²) in [6.45, 7) is 1.61. The highest BCUT2D eigenvalue weighted by Crippen LogP contribution is 2.44. The summed E-state index contributed by atoms with van der Waals surface area (Å²) in [5, 5.41) is 0.417. The minimum atomic E-state index is -1.29. The number of carbonyl (C=O) groups excluding carboxylic acids is 1. The van der Waals surface area contributed by atoms with E-state index >= 15 is 0 Å². The molecule has 0 bridgehead atoms. The first-order valence-corrected chi connectivity index (χ1v) is 8.77. The van der Waals surface area contributed by atoms with Crippen molar-refractivity contribution in [2.45, 2.75) is 12.8 Å². The third-order valence-electron chi connectivity index (χ3n) is 4.62. The summed E-state index contributed by atoms with van der Waals surface area (Å²) in [5.41, 5.74) is 4.90. The van der Waals surface area contributed by atoms with E-state index in [0.717, 1.165) is 12.1 Å². The zero-order valence-electron chi connectivity index (χ0n) is 15.2. The van der Waals surface area contributed by atoms with Crippen molar-refractivity contribution in [2.75, 3.05) is 6.61 Å². The molecule has 1 aliphatic heterocycles. The highest BCUT2D eigenvalue weighted by Gasteiger charge is 2.40. The van der Waals surface area contributed by atoms with Gasteiger partial charge in [0.25, 0.3) is 0 Å². The predicted octanol–water partition coefficient (Wildman–Crippen LogP) is 3.33. The molecule has 2 heterocycles. The summed E-state index contributed by atoms with van der Waals surface area (Å²) in [7, 11) is 0. The van der Waals surface area contributed by atoms with E-state index in [1.165, 1.54) is 0 Å². The number of para-hydroxylation sites is 1. The molecule has 148 valence electrons. The molecule has 2 aromatic carbocycles. The summed E-state index contributed by atoms with van der Waals surface area (Å²) >= 11 is 0. The highest BCUT2D eigenvalue weighted by atomic mass is 19.1. The lowest BCUT2D eigenvalue weighted by atomic mass is 9.83. The molecule has 2 N–H and O–H groups in total. The summed E-state index contributed by atoms with van der Waals surface area (Å²) in [6.07, 6.45) is 0. The quantitative estimate of drug-likeness (QED) is 0.537. The largest absolute Gasteiger partial charge is 0.462 e. The number of benzene rings is 2. The Hall–Kier alpha value is -3.68. The molecule has 1 unspecified atom stereocenters. The van der Waals surface area contributed by atoms with Crippen LogP contribution in [0.4, 0.5) is 8.78 Å². The van der Waals surface area contributed by atoms with Crippen molar-refractivity contribution in [1.29, 1.82) is 0 Å². The SMILES string of the molecule is CCOC(=O)C1=C(N)Oc2c(c(=O)oc3ccccc23)C1c1ccc(F)cc1F. The van der Waals surface area contributed by atoms with E-state index in [4.69, 9.17) is 19.6 Å². The van der Waals surface area contributed by atoms with Gasteiger partial charge in [-0.25, -0.2) is 18.4 Å². The molecular formula is C21H15F2NO5. The Morgan fingerprint density at radius 1 is 1.21 bits per heavy atom. The molecule has 0 amide bonds. The van der Waals surface area contributed by atoms with Gasteiger partial charge >= 0.3 is 11.6 Å². The van der Waals surface area contributed by atoms with Crippen LogP contribution >= 0.6 is 0 Å². The molecule has 29 heavy (non-hydrogen) atoms. The normalized spacial score (nSPS) is 15.8. The Kier molecular flexibility index (Phi) is 4.54. The smallest absolute Gasteiger partial charge is 0.344 e. The Balaban J connectivity index is 2.07. The van der Waals surface area contributed by atoms with Crippen molar-refractivity contribution in [2.24, 2.45) is 5.73 Å². The van der Waals surface area contributed by atoms with Gasteiger partial charge in [0, 0.05) is 11.6 Å². The van der Waals surface area contributed by atoms with Crippen LogP contribution in [0.5, 0.6) is 5.75 Å². The van der Waals surface area contributed by atoms with Gasteiger partial charge in [-0.2, -0.15) is 0 Å². The molecule has 0 spiro atoms. The fourth-order valence-electron chi connectivity index (χ4n) is 3.42. The number of halogens is 2. The number of carbonyl (C=O) groups is 1. The Morgan fingerprint density at radius 3 is 2.69 bits per heavy atom. The van der Waals surface area contributed by atoms with Crippen LogP contribution in [0, 0.1) is 11.6 Å². The molecular weight excluding hydrogens is 384 g/mol. The van der Waals surface area contributed by atoms with Gasteiger partial charge in [-0.3, -0.25) is 0 Å². The fourth-order valence-corrected chi connectivity index (χ4v) is 3.42. The Bertz CT molecular complexity index is 1230. The summed E-state index contributed by atoms with van der Waals surface area (Å²) in [5.74, 6) is -4.21. The molecule has 1 aromatic heterocycles. The lowest BCUT2D eigenvalue weighted by Gasteiger charge is -2.28. The van der Waals surface area contributed by atoms with E-state index in [1.807, 2.05) is 0 Å². The molecule has 8 heteroatoms. The topological polar surface area (TPSA) is 91.8 Å². The third-order valence-corrected chi connectivity index (χ3v) is 4.62. The van der Waals surface area contributed by atoms with Gasteiger partial charge in [0.2, 0.25) is 5.88 Å². The molecule has 6 nitrogen and oxygen atoms in total. The van der Waals surface area contributed by atoms with Gasteiger partial charge in [-0.05, 0) is 25.1 Å². The number of hydrogen-bond acceptors (Lipinski definition) is 6. The second-order valence-electron chi connectivity index (χ2n) is 6.33. The van der Waals surface area contributed by atoms with Crippen molar-refractivity contribution in [3.05, 3.63) is 87.1 Å². The van der Waals surface area contributed by atoms with Crippen LogP contribution in [0.1, 0.15) is 24.0 Å². The first-order chi connectivity index (χ1) is 13.9. The maximum atomic E-state index is 14.7. The van der Waals surface area contributed by atoms with Crippen LogP contribution in [0.3, 0.4) is 0 Å². The van der Waals surface area contributed by atoms with Gasteiger partial charge in [-0.1, -0.05) is 18.2 Å². The summed E-state index contributed by atoms with van der Waals surface area (Å²) < 4.78 is 44.2. The molecule has 0 saturated heterocycles. The van der Waals surface area contributed by atoms with Crippen LogP contribution in [0.15, 0.2) is 63.1 Å². The van der Waals surface area contributed by atoms with Crippen molar-refractivity contribution < 1.29 is 27.5 Å². The number of rotatable bonds is 3. The first-order valence-electron chi connectivity index (χ1n) is 8.77. The van der Waals surface area contributed by atoms with Crippen LogP contribution < -0.4 is 16.1 Å². The predicted molar refractivity (Wildman–Crippen MR) is 99.2 cm³/mol. The van der Waals surface area contributed by atoms with Gasteiger partial charge in [-0.15, -0.1) is 0 Å². The summed E-state index contributed by atoms with van der Waals surface area (Å²) in [6, 6.07) is 9.39. The van der Waals surface area contributed by atoms with E-state index in [-0.39, 0.29) is 40.5 Å².